The molecule has 6 aromatic rings. The molecule has 1 amide bonds. The molecule has 2 unspecified atom stereocenters. The topological polar surface area (TPSA) is 363 Å². The van der Waals surface area contributed by atoms with E-state index in [0.717, 1.165) is 11.1 Å². The van der Waals surface area contributed by atoms with Crippen molar-refractivity contribution in [3.8, 4) is 22.8 Å². The van der Waals surface area contributed by atoms with E-state index in [9.17, 15) is 56.7 Å². The molecule has 2 aromatic heterocycles. The summed E-state index contributed by atoms with van der Waals surface area (Å²) in [5.74, 6) is 1.04. The first-order valence-corrected chi connectivity index (χ1v) is 38.0. The summed E-state index contributed by atoms with van der Waals surface area (Å²) in [5, 5.41) is 11.2. The number of hydrogen-bond acceptors (Lipinski definition) is 20. The smallest absolute Gasteiger partial charge is 0.294 e. The second kappa shape index (κ2) is 33.7. The summed E-state index contributed by atoms with van der Waals surface area (Å²) < 4.78 is 176. The first-order valence-electron chi connectivity index (χ1n) is 31.5. The molecule has 0 radical (unpaired) electrons. The fraction of sp³-hybridized carbons (Fsp3) is 0.462. The Labute approximate surface area is 571 Å². The van der Waals surface area contributed by atoms with Gasteiger partial charge in [-0.2, -0.15) is 52.8 Å². The fourth-order valence-corrected chi connectivity index (χ4v) is 14.1. The van der Waals surface area contributed by atoms with E-state index in [0.29, 0.717) is 140 Å². The zero-order valence-electron chi connectivity index (χ0n) is 54.6. The Balaban J connectivity index is 0.806. The van der Waals surface area contributed by atoms with Crippen LogP contribution in [0.1, 0.15) is 95.8 Å². The lowest BCUT2D eigenvalue weighted by molar-refractivity contribution is -0.438. The van der Waals surface area contributed by atoms with Gasteiger partial charge in [0.1, 0.15) is 36.8 Å². The number of carbonyl (C=O) groups is 1. The van der Waals surface area contributed by atoms with Crippen LogP contribution in [0.15, 0.2) is 125 Å². The van der Waals surface area contributed by atoms with Crippen molar-refractivity contribution in [3.05, 3.63) is 137 Å². The summed E-state index contributed by atoms with van der Waals surface area (Å²) in [4.78, 5) is 23.1. The molecule has 2 atom stereocenters. The molecule has 32 heteroatoms. The third-order valence-corrected chi connectivity index (χ3v) is 20.1. The summed E-state index contributed by atoms with van der Waals surface area (Å²) in [6, 6.07) is 23.2. The molecule has 2 aliphatic rings. The van der Waals surface area contributed by atoms with E-state index in [4.69, 9.17) is 45.0 Å². The number of benzene rings is 4. The third kappa shape index (κ3) is 21.0. The molecule has 528 valence electrons. The lowest BCUT2D eigenvalue weighted by Crippen LogP contribution is -2.32. The number of methoxy groups -OCH3 is 1. The fourth-order valence-electron chi connectivity index (χ4n) is 11.9. The number of allylic oxidation sites excluding steroid dienone is 4. The maximum Gasteiger partial charge on any atom is 0.294 e. The number of carbonyl (C=O) groups excluding carboxylic acids is 1. The van der Waals surface area contributed by atoms with Gasteiger partial charge in [0.15, 0.2) is 5.71 Å². The van der Waals surface area contributed by atoms with Crippen molar-refractivity contribution in [2.24, 2.45) is 0 Å². The Morgan fingerprint density at radius 2 is 1.39 bits per heavy atom. The standard InChI is InChI=1S/C65H83ClN8O19S4/c1-46(2)93-58-40-49(66)19-18-48(58)44-68-61-43-55(71-63-69-45-70-74(61)63)47-13-9-14-50(39-47)92-36-35-91-34-33-90-32-31-89-29-26-67-62(75)17-7-6-8-27-72-56-22-20-51(96(82,83)84)41-53(56)64(3,24-11-37-94(76,77)78)59(72)15-10-16-60-65(4,25-12-38-95(79,80)81)54-42-52(97(85,86)87)21-23-57(54)73(60)28-30-88-5/h9-10,13-16,18-23,39-43,45-46H,6-8,11-12,17,24-38,44H2,1-5H3,(H5-,67,68,69,70,71,75,76,77,78,79,80,81,82,83,84,85,86,87)/p+1. The van der Waals surface area contributed by atoms with Crippen LogP contribution in [-0.4, -0.2) is 185 Å². The highest BCUT2D eigenvalue weighted by Crippen LogP contribution is 2.52. The number of nitrogens with one attached hydrogen (secondary N) is 2. The molecular weight excluding hydrogens is 1360 g/mol. The zero-order chi connectivity index (χ0) is 70.2. The number of fused-ring (bicyclic) bond motifs is 3. The number of aromatic nitrogens is 4. The number of halogens is 1. The van der Waals surface area contributed by atoms with Crippen LogP contribution < -0.4 is 25.0 Å². The van der Waals surface area contributed by atoms with Crippen LogP contribution in [0.25, 0.3) is 17.0 Å². The normalized spacial score (nSPS) is 17.1. The minimum atomic E-state index is -4.72. The van der Waals surface area contributed by atoms with Crippen LogP contribution in [0.5, 0.6) is 11.5 Å². The van der Waals surface area contributed by atoms with Crippen LogP contribution >= 0.6 is 11.6 Å². The van der Waals surface area contributed by atoms with Gasteiger partial charge in [-0.1, -0.05) is 35.9 Å². The Morgan fingerprint density at radius 3 is 2.06 bits per heavy atom. The van der Waals surface area contributed by atoms with E-state index in [1.54, 1.807) is 48.7 Å². The summed E-state index contributed by atoms with van der Waals surface area (Å²) in [7, 11) is -16.7. The zero-order valence-corrected chi connectivity index (χ0v) is 58.7. The Kier molecular flexibility index (Phi) is 26.3. The predicted molar refractivity (Wildman–Crippen MR) is 365 cm³/mol. The molecule has 6 N–H and O–H groups in total. The van der Waals surface area contributed by atoms with Crippen LogP contribution in [0, 0.1) is 0 Å². The lowest BCUT2D eigenvalue weighted by atomic mass is 9.75. The maximum absolute atomic E-state index is 12.9. The molecule has 0 aliphatic carbocycles. The van der Waals surface area contributed by atoms with Crippen LogP contribution in [0.4, 0.5) is 17.2 Å². The SMILES string of the molecule is COCCN1/C(=C\C=C\C2=[N+](CCCCCC(=O)NCCOCCOCCOCCOc3cccc(-c4cc(NCc5ccc(Cl)cc5OC(C)C)n5ncnc5n4)c3)c3ccc(S(=O)(=O)O)cc3C2(C)CCCS(=O)(=O)O)C(C)(CCCS(=O)(=O)O)c2cc(S(=O)(=O)O)ccc21. The lowest BCUT2D eigenvalue weighted by Gasteiger charge is -2.30. The van der Waals surface area contributed by atoms with Crippen molar-refractivity contribution in [2.75, 3.05) is 101 Å². The van der Waals surface area contributed by atoms with E-state index >= 15 is 0 Å². The number of ether oxygens (including phenoxy) is 6. The molecule has 0 fully saturated rings. The number of rotatable bonds is 40. The maximum atomic E-state index is 12.9. The molecule has 8 rings (SSSR count). The highest BCUT2D eigenvalue weighted by Gasteiger charge is 2.49. The Morgan fingerprint density at radius 1 is 0.732 bits per heavy atom. The van der Waals surface area contributed by atoms with Gasteiger partial charge in [-0.25, -0.2) is 4.98 Å². The summed E-state index contributed by atoms with van der Waals surface area (Å²) in [6.07, 6.45) is 8.53. The largest absolute Gasteiger partial charge is 0.491 e. The monoisotopic (exact) mass is 1440 g/mol. The molecule has 97 heavy (non-hydrogen) atoms. The Hall–Kier alpha value is -6.98. The Bertz CT molecular complexity index is 4320. The summed E-state index contributed by atoms with van der Waals surface area (Å²) in [5.41, 5.74) is 3.32. The highest BCUT2D eigenvalue weighted by molar-refractivity contribution is 7.86. The van der Waals surface area contributed by atoms with Crippen molar-refractivity contribution >= 4 is 86.7 Å². The van der Waals surface area contributed by atoms with Gasteiger partial charge in [0.05, 0.1) is 84.8 Å². The molecule has 4 heterocycles. The van der Waals surface area contributed by atoms with Gasteiger partial charge in [0.2, 0.25) is 11.6 Å². The number of amides is 1. The quantitative estimate of drug-likeness (QED) is 0.0119. The average molecular weight is 1450 g/mol. The molecule has 0 saturated carbocycles. The van der Waals surface area contributed by atoms with Gasteiger partial charge in [-0.05, 0) is 132 Å². The van der Waals surface area contributed by atoms with Crippen LogP contribution in [-0.2, 0) is 81.6 Å². The van der Waals surface area contributed by atoms with Gasteiger partial charge in [-0.15, -0.1) is 0 Å². The van der Waals surface area contributed by atoms with Crippen molar-refractivity contribution < 1.29 is 89.7 Å². The molecule has 2 aliphatic heterocycles. The minimum absolute atomic E-state index is 0.0336. The highest BCUT2D eigenvalue weighted by atomic mass is 35.5. The predicted octanol–water partition coefficient (Wildman–Crippen LogP) is 8.70. The number of anilines is 2. The van der Waals surface area contributed by atoms with Crippen LogP contribution in [0.3, 0.4) is 0 Å². The van der Waals surface area contributed by atoms with E-state index in [1.165, 1.54) is 43.8 Å². The van der Waals surface area contributed by atoms with E-state index in [2.05, 4.69) is 20.7 Å². The van der Waals surface area contributed by atoms with Crippen LogP contribution in [0.2, 0.25) is 5.02 Å². The molecule has 0 spiro atoms. The molecule has 27 nitrogen and oxygen atoms in total. The van der Waals surface area contributed by atoms with Crippen molar-refractivity contribution in [1.82, 2.24) is 24.9 Å². The van der Waals surface area contributed by atoms with Gasteiger partial charge in [0.25, 0.3) is 46.3 Å². The second-order valence-electron chi connectivity index (χ2n) is 24.0. The summed E-state index contributed by atoms with van der Waals surface area (Å²) in [6.45, 7) is 11.1. The van der Waals surface area contributed by atoms with E-state index in [1.807, 2.05) is 65.8 Å². The van der Waals surface area contributed by atoms with Crippen molar-refractivity contribution in [1.29, 1.82) is 0 Å². The first kappa shape index (κ1) is 75.8. The molecule has 0 saturated heterocycles. The van der Waals surface area contributed by atoms with Crippen molar-refractivity contribution in [3.63, 3.8) is 0 Å². The number of unbranched alkanes of at least 4 members (excludes halogenated alkanes) is 2. The molecule has 0 bridgehead atoms. The second-order valence-corrected chi connectivity index (χ2v) is 30.4. The van der Waals surface area contributed by atoms with E-state index in [-0.39, 0.29) is 75.3 Å². The molecular formula is C65H84ClN8O19S4+. The molecule has 4 aromatic carbocycles. The van der Waals surface area contributed by atoms with E-state index < -0.39 is 67.7 Å². The van der Waals surface area contributed by atoms with Gasteiger partial charge < -0.3 is 44.0 Å². The summed E-state index contributed by atoms with van der Waals surface area (Å²) >= 11 is 6.27. The number of nitrogens with zero attached hydrogens (tertiary/aromatic N) is 6. The van der Waals surface area contributed by atoms with Gasteiger partial charge in [0, 0.05) is 96.3 Å². The van der Waals surface area contributed by atoms with Gasteiger partial charge in [-0.3, -0.25) is 23.0 Å². The number of hydrogen-bond donors (Lipinski definition) is 6. The average Bonchev–Trinajstić information content (AvgIpc) is 1.60. The van der Waals surface area contributed by atoms with Crippen molar-refractivity contribution in [2.45, 2.75) is 112 Å². The first-order chi connectivity index (χ1) is 46.0. The third-order valence-electron chi connectivity index (χ3n) is 16.5. The minimum Gasteiger partial charge on any atom is -0.491 e. The van der Waals surface area contributed by atoms with Gasteiger partial charge >= 0.3 is 0 Å².